The monoisotopic (exact) mass is 434 g/mol. The summed E-state index contributed by atoms with van der Waals surface area (Å²) < 4.78 is 0. The van der Waals surface area contributed by atoms with Gasteiger partial charge in [-0.3, -0.25) is 9.59 Å². The van der Waals surface area contributed by atoms with E-state index in [1.165, 1.54) is 24.0 Å². The van der Waals surface area contributed by atoms with Crippen molar-refractivity contribution in [2.75, 3.05) is 43.4 Å². The summed E-state index contributed by atoms with van der Waals surface area (Å²) in [6, 6.07) is 14.0. The predicted octanol–water partition coefficient (Wildman–Crippen LogP) is 3.52. The van der Waals surface area contributed by atoms with E-state index in [0.29, 0.717) is 5.69 Å². The minimum atomic E-state index is -0.631. The summed E-state index contributed by atoms with van der Waals surface area (Å²) in [6.45, 7) is 6.10. The highest BCUT2D eigenvalue weighted by Crippen LogP contribution is 2.26. The lowest BCUT2D eigenvalue weighted by atomic mass is 9.89. The number of aryl methyl sites for hydroxylation is 2. The molecule has 0 spiro atoms. The SMILES string of the molecule is CCC(NC(=O)C(=O)Nc1ccc(N2CCN(C)CC2)cc1)c1ccc2c(c1)CCCC2. The molecule has 1 unspecified atom stereocenters. The normalized spacial score (nSPS) is 17.4. The fraction of sp³-hybridized carbons (Fsp3) is 0.462. The van der Waals surface area contributed by atoms with Gasteiger partial charge in [-0.05, 0) is 80.1 Å². The lowest BCUT2D eigenvalue weighted by molar-refractivity contribution is -0.136. The minimum absolute atomic E-state index is 0.167. The van der Waals surface area contributed by atoms with Crippen LogP contribution in [0.5, 0.6) is 0 Å². The number of fused-ring (bicyclic) bond motifs is 1. The van der Waals surface area contributed by atoms with Gasteiger partial charge < -0.3 is 20.4 Å². The van der Waals surface area contributed by atoms with Gasteiger partial charge in [-0.15, -0.1) is 0 Å². The summed E-state index contributed by atoms with van der Waals surface area (Å²) in [7, 11) is 2.13. The van der Waals surface area contributed by atoms with E-state index in [0.717, 1.165) is 56.7 Å². The van der Waals surface area contributed by atoms with Gasteiger partial charge in [-0.1, -0.05) is 25.1 Å². The average molecular weight is 435 g/mol. The lowest BCUT2D eigenvalue weighted by Crippen LogP contribution is -2.44. The smallest absolute Gasteiger partial charge is 0.313 e. The average Bonchev–Trinajstić information content (AvgIpc) is 2.83. The van der Waals surface area contributed by atoms with Crippen molar-refractivity contribution >= 4 is 23.2 Å². The van der Waals surface area contributed by atoms with Crippen LogP contribution in [0.15, 0.2) is 42.5 Å². The first-order valence-corrected chi connectivity index (χ1v) is 11.8. The second-order valence-corrected chi connectivity index (χ2v) is 8.96. The molecule has 32 heavy (non-hydrogen) atoms. The highest BCUT2D eigenvalue weighted by atomic mass is 16.2. The van der Waals surface area contributed by atoms with Crippen LogP contribution >= 0.6 is 0 Å². The Bertz CT molecular complexity index is 949. The number of anilines is 2. The molecule has 1 fully saturated rings. The van der Waals surface area contributed by atoms with Gasteiger partial charge in [0.2, 0.25) is 0 Å². The van der Waals surface area contributed by atoms with E-state index in [4.69, 9.17) is 0 Å². The summed E-state index contributed by atoms with van der Waals surface area (Å²) in [5.41, 5.74) is 5.64. The molecule has 2 aliphatic rings. The van der Waals surface area contributed by atoms with Crippen molar-refractivity contribution in [1.29, 1.82) is 0 Å². The predicted molar refractivity (Wildman–Crippen MR) is 129 cm³/mol. The Morgan fingerprint density at radius 3 is 2.28 bits per heavy atom. The van der Waals surface area contributed by atoms with Gasteiger partial charge in [-0.2, -0.15) is 0 Å². The molecule has 1 heterocycles. The molecule has 2 N–H and O–H groups in total. The number of hydrogen-bond donors (Lipinski definition) is 2. The molecular formula is C26H34N4O2. The van der Waals surface area contributed by atoms with Gasteiger partial charge in [0.05, 0.1) is 6.04 Å². The van der Waals surface area contributed by atoms with Crippen LogP contribution in [0.1, 0.15) is 48.9 Å². The number of benzene rings is 2. The third kappa shape index (κ3) is 5.30. The van der Waals surface area contributed by atoms with E-state index >= 15 is 0 Å². The number of amides is 2. The second-order valence-electron chi connectivity index (χ2n) is 8.96. The molecular weight excluding hydrogens is 400 g/mol. The highest BCUT2D eigenvalue weighted by molar-refractivity contribution is 6.39. The van der Waals surface area contributed by atoms with E-state index in [-0.39, 0.29) is 6.04 Å². The Morgan fingerprint density at radius 1 is 0.906 bits per heavy atom. The van der Waals surface area contributed by atoms with Crippen LogP contribution in [0.2, 0.25) is 0 Å². The molecule has 170 valence electrons. The number of nitrogens with one attached hydrogen (secondary N) is 2. The van der Waals surface area contributed by atoms with Crippen molar-refractivity contribution in [3.8, 4) is 0 Å². The number of hydrogen-bond acceptors (Lipinski definition) is 4. The molecule has 0 radical (unpaired) electrons. The molecule has 6 nitrogen and oxygen atoms in total. The Morgan fingerprint density at radius 2 is 1.59 bits per heavy atom. The van der Waals surface area contributed by atoms with Crippen LogP contribution in [-0.2, 0) is 22.4 Å². The molecule has 4 rings (SSSR count). The van der Waals surface area contributed by atoms with Crippen LogP contribution in [-0.4, -0.2) is 49.9 Å². The number of piperazine rings is 1. The highest BCUT2D eigenvalue weighted by Gasteiger charge is 2.21. The van der Waals surface area contributed by atoms with Gasteiger partial charge in [0.1, 0.15) is 0 Å². The number of likely N-dealkylation sites (N-methyl/N-ethyl adjacent to an activating group) is 1. The molecule has 2 amide bonds. The van der Waals surface area contributed by atoms with Crippen LogP contribution < -0.4 is 15.5 Å². The van der Waals surface area contributed by atoms with Crippen LogP contribution in [0, 0.1) is 0 Å². The molecule has 1 saturated heterocycles. The lowest BCUT2D eigenvalue weighted by Gasteiger charge is -2.34. The summed E-state index contributed by atoms with van der Waals surface area (Å²) in [5, 5.41) is 5.65. The molecule has 0 saturated carbocycles. The molecule has 6 heteroatoms. The van der Waals surface area contributed by atoms with E-state index in [2.05, 4.69) is 45.7 Å². The Hall–Kier alpha value is -2.86. The maximum atomic E-state index is 12.6. The van der Waals surface area contributed by atoms with Gasteiger partial charge in [-0.25, -0.2) is 0 Å². The minimum Gasteiger partial charge on any atom is -0.369 e. The fourth-order valence-electron chi connectivity index (χ4n) is 4.62. The summed E-state index contributed by atoms with van der Waals surface area (Å²) >= 11 is 0. The van der Waals surface area contributed by atoms with E-state index in [9.17, 15) is 9.59 Å². The van der Waals surface area contributed by atoms with E-state index in [1.54, 1.807) is 0 Å². The molecule has 0 bridgehead atoms. The second kappa shape index (κ2) is 10.2. The molecule has 1 aliphatic carbocycles. The largest absolute Gasteiger partial charge is 0.369 e. The molecule has 2 aromatic carbocycles. The zero-order valence-electron chi connectivity index (χ0n) is 19.2. The first kappa shape index (κ1) is 22.3. The topological polar surface area (TPSA) is 64.7 Å². The van der Waals surface area contributed by atoms with E-state index < -0.39 is 11.8 Å². The maximum Gasteiger partial charge on any atom is 0.313 e. The first-order valence-electron chi connectivity index (χ1n) is 11.8. The maximum absolute atomic E-state index is 12.6. The van der Waals surface area contributed by atoms with Crippen LogP contribution in [0.4, 0.5) is 11.4 Å². The number of nitrogens with zero attached hydrogens (tertiary/aromatic N) is 2. The molecule has 1 atom stereocenters. The zero-order valence-corrected chi connectivity index (χ0v) is 19.2. The Labute approximate surface area is 191 Å². The number of carbonyl (C=O) groups excluding carboxylic acids is 2. The third-order valence-electron chi connectivity index (χ3n) is 6.69. The third-order valence-corrected chi connectivity index (χ3v) is 6.69. The van der Waals surface area contributed by atoms with Crippen molar-refractivity contribution < 1.29 is 9.59 Å². The van der Waals surface area contributed by atoms with Gasteiger partial charge in [0, 0.05) is 37.6 Å². The Balaban J connectivity index is 1.34. The van der Waals surface area contributed by atoms with Gasteiger partial charge in [0.25, 0.3) is 0 Å². The first-order chi connectivity index (χ1) is 15.5. The zero-order chi connectivity index (χ0) is 22.5. The molecule has 1 aliphatic heterocycles. The van der Waals surface area contributed by atoms with Crippen LogP contribution in [0.3, 0.4) is 0 Å². The summed E-state index contributed by atoms with van der Waals surface area (Å²) in [6.07, 6.45) is 5.43. The van der Waals surface area contributed by atoms with Crippen molar-refractivity contribution in [3.05, 3.63) is 59.2 Å². The summed E-state index contributed by atoms with van der Waals surface area (Å²) in [5.74, 6) is -1.23. The van der Waals surface area contributed by atoms with Gasteiger partial charge in [0.15, 0.2) is 0 Å². The number of carbonyl (C=O) groups is 2. The van der Waals surface area contributed by atoms with Crippen molar-refractivity contribution in [1.82, 2.24) is 10.2 Å². The van der Waals surface area contributed by atoms with Crippen LogP contribution in [0.25, 0.3) is 0 Å². The van der Waals surface area contributed by atoms with Crippen molar-refractivity contribution in [2.45, 2.75) is 45.1 Å². The fourth-order valence-corrected chi connectivity index (χ4v) is 4.62. The quantitative estimate of drug-likeness (QED) is 0.707. The number of rotatable bonds is 5. The Kier molecular flexibility index (Phi) is 7.10. The standard InChI is InChI=1S/C26H34N4O2/c1-3-24(21-9-8-19-6-4-5-7-20(19)18-21)28-26(32)25(31)27-22-10-12-23(13-11-22)30-16-14-29(2)15-17-30/h8-13,18,24H,3-7,14-17H2,1-2H3,(H,27,31)(H,28,32). The molecule has 2 aromatic rings. The van der Waals surface area contributed by atoms with E-state index in [1.807, 2.05) is 31.2 Å². The molecule has 0 aromatic heterocycles. The van der Waals surface area contributed by atoms with Gasteiger partial charge >= 0.3 is 11.8 Å². The van der Waals surface area contributed by atoms with Crippen molar-refractivity contribution in [3.63, 3.8) is 0 Å². The summed E-state index contributed by atoms with van der Waals surface area (Å²) in [4.78, 5) is 29.8. The van der Waals surface area contributed by atoms with Crippen molar-refractivity contribution in [2.24, 2.45) is 0 Å².